The van der Waals surface area contributed by atoms with Crippen molar-refractivity contribution >= 4 is 16.8 Å². The molecule has 4 aromatic rings. The third-order valence-corrected chi connectivity index (χ3v) is 6.10. The second-order valence-corrected chi connectivity index (χ2v) is 8.11. The summed E-state index contributed by atoms with van der Waals surface area (Å²) in [6.45, 7) is 0.758. The summed E-state index contributed by atoms with van der Waals surface area (Å²) in [5, 5.41) is 4.31. The van der Waals surface area contributed by atoms with Crippen molar-refractivity contribution in [2.45, 2.75) is 18.8 Å². The predicted molar refractivity (Wildman–Crippen MR) is 127 cm³/mol. The molecular weight excluding hydrogens is 416 g/mol. The first-order valence-electron chi connectivity index (χ1n) is 11.1. The van der Waals surface area contributed by atoms with E-state index < -0.39 is 0 Å². The van der Waals surface area contributed by atoms with E-state index in [9.17, 15) is 4.79 Å². The first-order chi connectivity index (χ1) is 16.2. The van der Waals surface area contributed by atoms with Crippen molar-refractivity contribution in [3.8, 4) is 17.2 Å². The molecule has 6 nitrogen and oxygen atoms in total. The Bertz CT molecular complexity index is 1260. The van der Waals surface area contributed by atoms with Gasteiger partial charge in [0, 0.05) is 36.0 Å². The zero-order valence-corrected chi connectivity index (χ0v) is 18.5. The van der Waals surface area contributed by atoms with Crippen LogP contribution in [0.2, 0.25) is 0 Å². The van der Waals surface area contributed by atoms with Gasteiger partial charge in [0.15, 0.2) is 11.5 Å². The fourth-order valence-electron chi connectivity index (χ4n) is 4.28. The maximum Gasteiger partial charge on any atom is 0.231 e. The van der Waals surface area contributed by atoms with Crippen molar-refractivity contribution < 1.29 is 19.0 Å². The smallest absolute Gasteiger partial charge is 0.231 e. The maximum atomic E-state index is 12.7. The number of H-pyrrole nitrogens is 1. The monoisotopic (exact) mass is 442 g/mol. The highest BCUT2D eigenvalue weighted by Crippen LogP contribution is 2.33. The van der Waals surface area contributed by atoms with E-state index in [2.05, 4.69) is 34.6 Å². The van der Waals surface area contributed by atoms with Crippen LogP contribution in [0.5, 0.6) is 17.2 Å². The van der Waals surface area contributed by atoms with Crippen molar-refractivity contribution in [3.05, 3.63) is 89.6 Å². The number of hydrogen-bond donors (Lipinski definition) is 2. The zero-order valence-electron chi connectivity index (χ0n) is 18.5. The first-order valence-corrected chi connectivity index (χ1v) is 11.1. The van der Waals surface area contributed by atoms with Crippen molar-refractivity contribution in [1.82, 2.24) is 10.3 Å². The minimum Gasteiger partial charge on any atom is -0.497 e. The Labute approximate surface area is 192 Å². The zero-order chi connectivity index (χ0) is 22.6. The summed E-state index contributed by atoms with van der Waals surface area (Å²) < 4.78 is 16.1. The Morgan fingerprint density at radius 3 is 2.73 bits per heavy atom. The molecule has 33 heavy (non-hydrogen) atoms. The highest BCUT2D eigenvalue weighted by atomic mass is 16.7. The van der Waals surface area contributed by atoms with Crippen LogP contribution in [0.3, 0.4) is 0 Å². The highest BCUT2D eigenvalue weighted by Gasteiger charge is 2.20. The molecule has 2 heterocycles. The molecule has 0 unspecified atom stereocenters. The molecule has 0 bridgehead atoms. The summed E-state index contributed by atoms with van der Waals surface area (Å²) >= 11 is 0. The van der Waals surface area contributed by atoms with Crippen molar-refractivity contribution in [2.75, 3.05) is 20.4 Å². The summed E-state index contributed by atoms with van der Waals surface area (Å²) in [4.78, 5) is 16.1. The van der Waals surface area contributed by atoms with Gasteiger partial charge in [-0.25, -0.2) is 0 Å². The van der Waals surface area contributed by atoms with E-state index in [1.165, 1.54) is 0 Å². The van der Waals surface area contributed by atoms with Crippen molar-refractivity contribution in [2.24, 2.45) is 0 Å². The average molecular weight is 443 g/mol. The number of benzene rings is 3. The Morgan fingerprint density at radius 1 is 1.06 bits per heavy atom. The van der Waals surface area contributed by atoms with Crippen LogP contribution in [0, 0.1) is 0 Å². The predicted octanol–water partition coefficient (Wildman–Crippen LogP) is 4.79. The quantitative estimate of drug-likeness (QED) is 0.412. The Morgan fingerprint density at radius 2 is 1.88 bits per heavy atom. The lowest BCUT2D eigenvalue weighted by molar-refractivity contribution is -0.121. The van der Waals surface area contributed by atoms with Crippen LogP contribution >= 0.6 is 0 Å². The Hall–Kier alpha value is -3.93. The lowest BCUT2D eigenvalue weighted by Crippen LogP contribution is -2.29. The topological polar surface area (TPSA) is 72.6 Å². The maximum absolute atomic E-state index is 12.7. The molecule has 0 spiro atoms. The van der Waals surface area contributed by atoms with E-state index in [1.54, 1.807) is 7.11 Å². The molecule has 6 heteroatoms. The number of nitrogens with one attached hydrogen (secondary N) is 2. The van der Waals surface area contributed by atoms with E-state index in [0.717, 1.165) is 44.8 Å². The lowest BCUT2D eigenvalue weighted by atomic mass is 9.90. The summed E-state index contributed by atoms with van der Waals surface area (Å²) in [5.41, 5.74) is 4.42. The number of rotatable bonds is 8. The fraction of sp³-hybridized carbons (Fsp3) is 0.222. The molecule has 1 amide bonds. The van der Waals surface area contributed by atoms with Crippen LogP contribution in [0.15, 0.2) is 72.9 Å². The number of ether oxygens (including phenoxy) is 3. The van der Waals surface area contributed by atoms with Gasteiger partial charge in [0.2, 0.25) is 12.7 Å². The third kappa shape index (κ3) is 4.51. The molecule has 1 aliphatic heterocycles. The van der Waals surface area contributed by atoms with Crippen molar-refractivity contribution in [1.29, 1.82) is 0 Å². The number of carbonyl (C=O) groups excluding carboxylic acids is 1. The number of aromatic nitrogens is 1. The molecule has 3 aromatic carbocycles. The summed E-state index contributed by atoms with van der Waals surface area (Å²) in [7, 11) is 1.66. The van der Waals surface area contributed by atoms with E-state index in [1.807, 2.05) is 48.7 Å². The summed E-state index contributed by atoms with van der Waals surface area (Å²) in [6.07, 6.45) is 3.09. The fourth-order valence-corrected chi connectivity index (χ4v) is 4.28. The first kappa shape index (κ1) is 20.9. The normalized spacial score (nSPS) is 13.1. The minimum absolute atomic E-state index is 0.0153. The number of carbonyl (C=O) groups is 1. The molecule has 5 rings (SSSR count). The molecule has 0 saturated carbocycles. The molecule has 0 saturated heterocycles. The third-order valence-electron chi connectivity index (χ3n) is 6.10. The highest BCUT2D eigenvalue weighted by molar-refractivity contribution is 5.84. The Balaban J connectivity index is 1.30. The number of para-hydroxylation sites is 1. The van der Waals surface area contributed by atoms with E-state index in [4.69, 9.17) is 14.2 Å². The second kappa shape index (κ2) is 9.28. The average Bonchev–Trinajstić information content (AvgIpc) is 3.50. The van der Waals surface area contributed by atoms with Gasteiger partial charge in [-0.1, -0.05) is 36.4 Å². The molecular formula is C27H26N2O4. The lowest BCUT2D eigenvalue weighted by Gasteiger charge is -2.19. The SMILES string of the molecule is COc1ccc([C@@H](CNC(=O)CCc2ccc3c(c2)OCO3)c2c[nH]c3ccccc23)cc1. The van der Waals surface area contributed by atoms with Gasteiger partial charge in [-0.3, -0.25) is 4.79 Å². The van der Waals surface area contributed by atoms with Crippen LogP contribution in [-0.2, 0) is 11.2 Å². The van der Waals surface area contributed by atoms with Gasteiger partial charge in [-0.2, -0.15) is 0 Å². The van der Waals surface area contributed by atoms with Crippen LogP contribution in [0.25, 0.3) is 10.9 Å². The molecule has 2 N–H and O–H groups in total. The number of hydrogen-bond acceptors (Lipinski definition) is 4. The molecule has 0 aliphatic carbocycles. The van der Waals surface area contributed by atoms with Gasteiger partial charge in [0.25, 0.3) is 0 Å². The van der Waals surface area contributed by atoms with Crippen LogP contribution in [0.4, 0.5) is 0 Å². The Kier molecular flexibility index (Phi) is 5.89. The van der Waals surface area contributed by atoms with Crippen LogP contribution < -0.4 is 19.5 Å². The van der Waals surface area contributed by atoms with E-state index >= 15 is 0 Å². The largest absolute Gasteiger partial charge is 0.497 e. The molecule has 0 radical (unpaired) electrons. The number of methoxy groups -OCH3 is 1. The summed E-state index contributed by atoms with van der Waals surface area (Å²) in [6, 6.07) is 22.1. The number of aryl methyl sites for hydroxylation is 1. The van der Waals surface area contributed by atoms with Crippen molar-refractivity contribution in [3.63, 3.8) is 0 Å². The number of fused-ring (bicyclic) bond motifs is 2. The van der Waals surface area contributed by atoms with Gasteiger partial charge in [0.05, 0.1) is 7.11 Å². The van der Waals surface area contributed by atoms with Gasteiger partial charge >= 0.3 is 0 Å². The van der Waals surface area contributed by atoms with Crippen LogP contribution in [0.1, 0.15) is 29.0 Å². The summed E-state index contributed by atoms with van der Waals surface area (Å²) in [5.74, 6) is 2.34. The molecule has 168 valence electrons. The minimum atomic E-state index is 0.0153. The van der Waals surface area contributed by atoms with E-state index in [0.29, 0.717) is 19.4 Å². The molecule has 1 aromatic heterocycles. The van der Waals surface area contributed by atoms with E-state index in [-0.39, 0.29) is 18.6 Å². The second-order valence-electron chi connectivity index (χ2n) is 8.11. The van der Waals surface area contributed by atoms with Gasteiger partial charge in [0.1, 0.15) is 5.75 Å². The van der Waals surface area contributed by atoms with Crippen LogP contribution in [-0.4, -0.2) is 31.3 Å². The standard InChI is InChI=1S/C27H26N2O4/c1-31-20-10-8-19(9-11-20)22(23-16-28-24-5-3-2-4-21(23)24)15-29-27(30)13-7-18-6-12-25-26(14-18)33-17-32-25/h2-6,8-12,14,16,22,28H,7,13,15,17H2,1H3,(H,29,30)/t22-/m1/s1. The van der Waals surface area contributed by atoms with Gasteiger partial charge < -0.3 is 24.5 Å². The molecule has 1 atom stereocenters. The number of aromatic amines is 1. The van der Waals surface area contributed by atoms with Gasteiger partial charge in [-0.15, -0.1) is 0 Å². The number of amides is 1. The van der Waals surface area contributed by atoms with Gasteiger partial charge in [-0.05, 0) is 53.4 Å². The molecule has 0 fully saturated rings. The molecule has 1 aliphatic rings.